The highest BCUT2D eigenvalue weighted by Crippen LogP contribution is 2.24. The van der Waals surface area contributed by atoms with E-state index in [9.17, 15) is 4.79 Å². The van der Waals surface area contributed by atoms with Gasteiger partial charge in [-0.15, -0.1) is 0 Å². The molecule has 2 N–H and O–H groups in total. The Bertz CT molecular complexity index is 504. The number of aliphatic carboxylic acids is 1. The molecule has 1 heterocycles. The maximum absolute atomic E-state index is 10.4. The second-order valence-corrected chi connectivity index (χ2v) is 3.18. The van der Waals surface area contributed by atoms with Crippen molar-refractivity contribution in [3.63, 3.8) is 0 Å². The maximum Gasteiger partial charge on any atom is 0.341 e. The maximum atomic E-state index is 10.4. The molecule has 0 saturated carbocycles. The van der Waals surface area contributed by atoms with Gasteiger partial charge in [-0.25, -0.2) is 4.79 Å². The molecule has 5 nitrogen and oxygen atoms in total. The Hall–Kier alpha value is -2.04. The topological polar surface area (TPSA) is 75.2 Å². The normalized spacial score (nSPS) is 10.5. The molecular formula is C10H10N2O3. The molecule has 2 aromatic rings. The predicted octanol–water partition coefficient (Wildman–Crippen LogP) is 1.33. The van der Waals surface area contributed by atoms with Gasteiger partial charge in [-0.05, 0) is 13.0 Å². The van der Waals surface area contributed by atoms with Gasteiger partial charge >= 0.3 is 5.97 Å². The van der Waals surface area contributed by atoms with Crippen molar-refractivity contribution < 1.29 is 14.6 Å². The molecule has 0 aliphatic heterocycles. The molecule has 0 unspecified atom stereocenters. The number of hydrogen-bond donors (Lipinski definition) is 2. The fraction of sp³-hybridized carbons (Fsp3) is 0.200. The fourth-order valence-corrected chi connectivity index (χ4v) is 1.40. The molecule has 15 heavy (non-hydrogen) atoms. The monoisotopic (exact) mass is 206 g/mol. The number of para-hydroxylation sites is 1. The van der Waals surface area contributed by atoms with Crippen LogP contribution in [0.4, 0.5) is 0 Å². The van der Waals surface area contributed by atoms with Gasteiger partial charge in [0.1, 0.15) is 11.3 Å². The largest absolute Gasteiger partial charge is 0.480 e. The average molecular weight is 206 g/mol. The molecule has 2 rings (SSSR count). The van der Waals surface area contributed by atoms with Crippen LogP contribution in [0.3, 0.4) is 0 Å². The Labute approximate surface area is 85.7 Å². The number of ether oxygens (including phenoxy) is 1. The zero-order valence-corrected chi connectivity index (χ0v) is 8.15. The standard InChI is InChI=1S/C10H10N2O3/c1-6-7-3-2-4-8(10(7)12-11-6)15-5-9(13)14/h2-4H,5H2,1H3,(H,11,12)(H,13,14). The summed E-state index contributed by atoms with van der Waals surface area (Å²) < 4.78 is 5.11. The van der Waals surface area contributed by atoms with Crippen LogP contribution in [-0.4, -0.2) is 27.9 Å². The Balaban J connectivity index is 2.38. The number of carboxylic acids is 1. The number of fused-ring (bicyclic) bond motifs is 1. The number of aromatic amines is 1. The van der Waals surface area contributed by atoms with Gasteiger partial charge in [-0.1, -0.05) is 12.1 Å². The van der Waals surface area contributed by atoms with Crippen molar-refractivity contribution in [1.82, 2.24) is 10.2 Å². The second kappa shape index (κ2) is 3.61. The van der Waals surface area contributed by atoms with Crippen molar-refractivity contribution in [3.05, 3.63) is 23.9 Å². The lowest BCUT2D eigenvalue weighted by Gasteiger charge is -2.02. The summed E-state index contributed by atoms with van der Waals surface area (Å²) >= 11 is 0. The second-order valence-electron chi connectivity index (χ2n) is 3.18. The van der Waals surface area contributed by atoms with Gasteiger partial charge < -0.3 is 9.84 Å². The molecular weight excluding hydrogens is 196 g/mol. The van der Waals surface area contributed by atoms with Crippen molar-refractivity contribution >= 4 is 16.9 Å². The van der Waals surface area contributed by atoms with E-state index in [2.05, 4.69) is 10.2 Å². The zero-order chi connectivity index (χ0) is 10.8. The van der Waals surface area contributed by atoms with Crippen LogP contribution in [0.5, 0.6) is 5.75 Å². The van der Waals surface area contributed by atoms with Gasteiger partial charge in [-0.2, -0.15) is 5.10 Å². The minimum atomic E-state index is -1.00. The van der Waals surface area contributed by atoms with Crippen LogP contribution >= 0.6 is 0 Å². The average Bonchev–Trinajstić information content (AvgIpc) is 2.58. The number of benzene rings is 1. The molecule has 0 amide bonds. The molecule has 0 bridgehead atoms. The summed E-state index contributed by atoms with van der Waals surface area (Å²) in [6, 6.07) is 5.41. The SMILES string of the molecule is Cc1[nH]nc2c(OCC(=O)O)cccc12. The third-order valence-corrected chi connectivity index (χ3v) is 2.09. The highest BCUT2D eigenvalue weighted by molar-refractivity contribution is 5.86. The first-order chi connectivity index (χ1) is 7.18. The van der Waals surface area contributed by atoms with E-state index < -0.39 is 5.97 Å². The van der Waals surface area contributed by atoms with E-state index in [1.807, 2.05) is 19.1 Å². The summed E-state index contributed by atoms with van der Waals surface area (Å²) in [5, 5.41) is 16.3. The molecule has 0 spiro atoms. The number of aromatic nitrogens is 2. The summed E-state index contributed by atoms with van der Waals surface area (Å²) in [6.07, 6.45) is 0. The smallest absolute Gasteiger partial charge is 0.341 e. The third-order valence-electron chi connectivity index (χ3n) is 2.09. The van der Waals surface area contributed by atoms with Gasteiger partial charge in [0.05, 0.1) is 0 Å². The summed E-state index contributed by atoms with van der Waals surface area (Å²) in [7, 11) is 0. The minimum Gasteiger partial charge on any atom is -0.480 e. The summed E-state index contributed by atoms with van der Waals surface area (Å²) in [5.41, 5.74) is 1.60. The first kappa shape index (κ1) is 9.51. The first-order valence-corrected chi connectivity index (χ1v) is 4.47. The van der Waals surface area contributed by atoms with Crippen molar-refractivity contribution in [2.75, 3.05) is 6.61 Å². The van der Waals surface area contributed by atoms with Crippen molar-refractivity contribution in [2.45, 2.75) is 6.92 Å². The number of hydrogen-bond acceptors (Lipinski definition) is 3. The zero-order valence-electron chi connectivity index (χ0n) is 8.15. The Morgan fingerprint density at radius 1 is 1.60 bits per heavy atom. The highest BCUT2D eigenvalue weighted by Gasteiger charge is 2.08. The molecule has 1 aromatic carbocycles. The number of rotatable bonds is 3. The quantitative estimate of drug-likeness (QED) is 0.794. The van der Waals surface area contributed by atoms with E-state index in [0.29, 0.717) is 11.3 Å². The van der Waals surface area contributed by atoms with Crippen LogP contribution < -0.4 is 4.74 Å². The van der Waals surface area contributed by atoms with Gasteiger partial charge in [0.2, 0.25) is 0 Å². The van der Waals surface area contributed by atoms with E-state index in [4.69, 9.17) is 9.84 Å². The summed E-state index contributed by atoms with van der Waals surface area (Å²) in [6.45, 7) is 1.54. The lowest BCUT2D eigenvalue weighted by atomic mass is 10.2. The molecule has 5 heteroatoms. The molecule has 1 aromatic heterocycles. The first-order valence-electron chi connectivity index (χ1n) is 4.47. The predicted molar refractivity (Wildman–Crippen MR) is 54.0 cm³/mol. The molecule has 0 saturated heterocycles. The van der Waals surface area contributed by atoms with E-state index >= 15 is 0 Å². The Morgan fingerprint density at radius 3 is 3.13 bits per heavy atom. The lowest BCUT2D eigenvalue weighted by molar-refractivity contribution is -0.139. The van der Waals surface area contributed by atoms with Gasteiger partial charge in [0, 0.05) is 11.1 Å². The van der Waals surface area contributed by atoms with E-state index in [1.165, 1.54) is 0 Å². The molecule has 0 aliphatic carbocycles. The van der Waals surface area contributed by atoms with Crippen molar-refractivity contribution in [2.24, 2.45) is 0 Å². The highest BCUT2D eigenvalue weighted by atomic mass is 16.5. The number of nitrogens with one attached hydrogen (secondary N) is 1. The summed E-state index contributed by atoms with van der Waals surface area (Å²) in [4.78, 5) is 10.4. The van der Waals surface area contributed by atoms with Crippen LogP contribution in [0.25, 0.3) is 10.9 Å². The number of nitrogens with zero attached hydrogens (tertiary/aromatic N) is 1. The Morgan fingerprint density at radius 2 is 2.40 bits per heavy atom. The number of carboxylic acid groups (broad SMARTS) is 1. The van der Waals surface area contributed by atoms with Gasteiger partial charge in [0.15, 0.2) is 6.61 Å². The molecule has 0 aliphatic rings. The number of aryl methyl sites for hydroxylation is 1. The van der Waals surface area contributed by atoms with Crippen molar-refractivity contribution in [1.29, 1.82) is 0 Å². The van der Waals surface area contributed by atoms with Crippen LogP contribution in [0.15, 0.2) is 18.2 Å². The third kappa shape index (κ3) is 1.76. The van der Waals surface area contributed by atoms with Crippen LogP contribution in [-0.2, 0) is 4.79 Å². The van der Waals surface area contributed by atoms with Crippen LogP contribution in [0, 0.1) is 6.92 Å². The van der Waals surface area contributed by atoms with Crippen LogP contribution in [0.1, 0.15) is 5.69 Å². The lowest BCUT2D eigenvalue weighted by Crippen LogP contribution is -2.09. The van der Waals surface area contributed by atoms with Crippen molar-refractivity contribution in [3.8, 4) is 5.75 Å². The van der Waals surface area contributed by atoms with E-state index in [0.717, 1.165) is 11.1 Å². The van der Waals surface area contributed by atoms with Gasteiger partial charge in [0.25, 0.3) is 0 Å². The molecule has 0 fully saturated rings. The van der Waals surface area contributed by atoms with Crippen LogP contribution in [0.2, 0.25) is 0 Å². The van der Waals surface area contributed by atoms with E-state index in [-0.39, 0.29) is 6.61 Å². The number of carbonyl (C=O) groups is 1. The minimum absolute atomic E-state index is 0.356. The molecule has 0 atom stereocenters. The van der Waals surface area contributed by atoms with Gasteiger partial charge in [-0.3, -0.25) is 5.10 Å². The fourth-order valence-electron chi connectivity index (χ4n) is 1.40. The van der Waals surface area contributed by atoms with E-state index in [1.54, 1.807) is 6.07 Å². The molecule has 78 valence electrons. The molecule has 0 radical (unpaired) electrons. The number of H-pyrrole nitrogens is 1. The summed E-state index contributed by atoms with van der Waals surface area (Å²) in [5.74, 6) is -0.515. The Kier molecular flexibility index (Phi) is 2.29.